The Hall–Kier alpha value is -0.480. The average molecular weight is 442 g/mol. The number of rotatable bonds is 6. The molecule has 0 fully saturated rings. The molecule has 1 heterocycles. The molecule has 9 heteroatoms. The van der Waals surface area contributed by atoms with E-state index in [1.54, 1.807) is 26.8 Å². The van der Waals surface area contributed by atoms with Crippen molar-refractivity contribution in [1.82, 2.24) is 4.72 Å². The summed E-state index contributed by atoms with van der Waals surface area (Å²) in [6, 6.07) is 1.97. The van der Waals surface area contributed by atoms with E-state index in [0.29, 0.717) is 3.79 Å². The molecule has 1 aromatic rings. The lowest BCUT2D eigenvalue weighted by Gasteiger charge is -2.27. The van der Waals surface area contributed by atoms with Gasteiger partial charge in [-0.1, -0.05) is 0 Å². The van der Waals surface area contributed by atoms with Crippen LogP contribution in [0.2, 0.25) is 0 Å². The molecule has 1 aromatic heterocycles. The highest BCUT2D eigenvalue weighted by Gasteiger charge is 2.32. The van der Waals surface area contributed by atoms with Gasteiger partial charge in [0.2, 0.25) is 0 Å². The van der Waals surface area contributed by atoms with Gasteiger partial charge >= 0.3 is 5.97 Å². The van der Waals surface area contributed by atoms with Crippen LogP contribution in [0.5, 0.6) is 0 Å². The van der Waals surface area contributed by atoms with Crippen molar-refractivity contribution in [1.29, 1.82) is 0 Å². The molecule has 0 saturated heterocycles. The zero-order valence-electron chi connectivity index (χ0n) is 14.7. The quantitative estimate of drug-likeness (QED) is 0.684. The second-order valence-electron chi connectivity index (χ2n) is 7.19. The smallest absolute Gasteiger partial charge is 0.327 e. The zero-order valence-corrected chi connectivity index (χ0v) is 17.9. The number of halogens is 1. The third-order valence-electron chi connectivity index (χ3n) is 2.49. The van der Waals surface area contributed by atoms with E-state index in [9.17, 15) is 13.2 Å². The highest BCUT2D eigenvalue weighted by molar-refractivity contribution is 9.11. The zero-order chi connectivity index (χ0) is 18.8. The average Bonchev–Trinajstić information content (AvgIpc) is 2.78. The molecule has 1 N–H and O–H groups in total. The van der Waals surface area contributed by atoms with Gasteiger partial charge in [0.25, 0.3) is 10.0 Å². The largest absolute Gasteiger partial charge is 0.459 e. The summed E-state index contributed by atoms with van der Waals surface area (Å²) in [4.78, 5) is 12.4. The summed E-state index contributed by atoms with van der Waals surface area (Å²) in [7, 11) is -3.85. The van der Waals surface area contributed by atoms with E-state index in [1.165, 1.54) is 6.07 Å². The first kappa shape index (κ1) is 21.6. The molecule has 138 valence electrons. The van der Waals surface area contributed by atoms with Crippen molar-refractivity contribution < 1.29 is 22.7 Å². The first-order chi connectivity index (χ1) is 10.7. The molecule has 0 aliphatic heterocycles. The Morgan fingerprint density at radius 3 is 2.21 bits per heavy atom. The first-order valence-electron chi connectivity index (χ1n) is 7.34. The first-order valence-corrected chi connectivity index (χ1v) is 10.4. The highest BCUT2D eigenvalue weighted by atomic mass is 79.9. The molecule has 0 aromatic carbocycles. The molecule has 24 heavy (non-hydrogen) atoms. The van der Waals surface area contributed by atoms with Gasteiger partial charge in [-0.15, -0.1) is 11.3 Å². The van der Waals surface area contributed by atoms with E-state index in [2.05, 4.69) is 20.7 Å². The van der Waals surface area contributed by atoms with E-state index in [1.807, 2.05) is 20.8 Å². The number of thiophene rings is 1. The summed E-state index contributed by atoms with van der Waals surface area (Å²) in [5.41, 5.74) is -1.24. The second-order valence-corrected chi connectivity index (χ2v) is 11.6. The summed E-state index contributed by atoms with van der Waals surface area (Å²) in [6.45, 7) is 10.5. The van der Waals surface area contributed by atoms with Crippen LogP contribution in [0.4, 0.5) is 0 Å². The maximum Gasteiger partial charge on any atom is 0.327 e. The Bertz CT molecular complexity index is 671. The van der Waals surface area contributed by atoms with Gasteiger partial charge in [0.1, 0.15) is 15.9 Å². The fourth-order valence-corrected chi connectivity index (χ4v) is 4.74. The van der Waals surface area contributed by atoms with E-state index < -0.39 is 33.2 Å². The Morgan fingerprint density at radius 1 is 1.21 bits per heavy atom. The number of ether oxygens (including phenoxy) is 2. The summed E-state index contributed by atoms with van der Waals surface area (Å²) < 4.78 is 39.0. The van der Waals surface area contributed by atoms with Crippen molar-refractivity contribution in [3.63, 3.8) is 0 Å². The van der Waals surface area contributed by atoms with E-state index >= 15 is 0 Å². The molecule has 0 bridgehead atoms. The monoisotopic (exact) mass is 441 g/mol. The van der Waals surface area contributed by atoms with Crippen molar-refractivity contribution in [2.45, 2.75) is 63.0 Å². The molecule has 0 saturated carbocycles. The summed E-state index contributed by atoms with van der Waals surface area (Å²) in [5.74, 6) is -0.675. The second kappa shape index (κ2) is 7.82. The maximum absolute atomic E-state index is 12.5. The molecular formula is C15H24BrNO5S2. The molecular weight excluding hydrogens is 418 g/mol. The lowest BCUT2D eigenvalue weighted by atomic mass is 10.2. The van der Waals surface area contributed by atoms with Gasteiger partial charge in [-0.3, -0.25) is 4.79 Å². The molecule has 0 radical (unpaired) electrons. The number of nitrogens with one attached hydrogen (secondary N) is 1. The van der Waals surface area contributed by atoms with Gasteiger partial charge < -0.3 is 9.47 Å². The molecule has 1 rings (SSSR count). The van der Waals surface area contributed by atoms with Crippen LogP contribution in [0.3, 0.4) is 0 Å². The van der Waals surface area contributed by atoms with Crippen LogP contribution in [-0.2, 0) is 24.3 Å². The normalized spacial score (nSPS) is 14.5. The molecule has 0 spiro atoms. The van der Waals surface area contributed by atoms with Gasteiger partial charge in [0.05, 0.1) is 16.0 Å². The Morgan fingerprint density at radius 2 is 1.79 bits per heavy atom. The number of hydrogen-bond donors (Lipinski definition) is 1. The number of esters is 1. The summed E-state index contributed by atoms with van der Waals surface area (Å²) in [6.07, 6.45) is 0. The Balaban J connectivity index is 2.97. The van der Waals surface area contributed by atoms with E-state index in [4.69, 9.17) is 9.47 Å². The third-order valence-corrected chi connectivity index (χ3v) is 6.07. The van der Waals surface area contributed by atoms with Crippen LogP contribution >= 0.6 is 27.3 Å². The molecule has 0 amide bonds. The molecule has 6 nitrogen and oxygen atoms in total. The predicted molar refractivity (Wildman–Crippen MR) is 97.7 cm³/mol. The minimum atomic E-state index is -3.85. The molecule has 1 atom stereocenters. The molecule has 0 aliphatic carbocycles. The van der Waals surface area contributed by atoms with Crippen molar-refractivity contribution in [2.24, 2.45) is 0 Å². The standard InChI is InChI=1S/C15H24BrNO5S2/c1-14(2,3)21-9-10(13(18)22-15(4,5)6)17-24(19,20)12-8-7-11(16)23-12/h7-8,10,17H,9H2,1-6H3. The van der Waals surface area contributed by atoms with Gasteiger partial charge in [-0.2, -0.15) is 4.72 Å². The Kier molecular flexibility index (Phi) is 7.03. The highest BCUT2D eigenvalue weighted by Crippen LogP contribution is 2.26. The molecule has 0 aliphatic rings. The van der Waals surface area contributed by atoms with Gasteiger partial charge in [0.15, 0.2) is 0 Å². The summed E-state index contributed by atoms with van der Waals surface area (Å²) >= 11 is 4.28. The minimum absolute atomic E-state index is 0.110. The van der Waals surface area contributed by atoms with E-state index in [-0.39, 0.29) is 10.8 Å². The predicted octanol–water partition coefficient (Wildman–Crippen LogP) is 3.31. The summed E-state index contributed by atoms with van der Waals surface area (Å²) in [5, 5.41) is 0. The van der Waals surface area contributed by atoms with Crippen LogP contribution in [0.1, 0.15) is 41.5 Å². The maximum atomic E-state index is 12.5. The van der Waals surface area contributed by atoms with Crippen molar-refractivity contribution >= 4 is 43.3 Å². The topological polar surface area (TPSA) is 81.7 Å². The van der Waals surface area contributed by atoms with Crippen LogP contribution in [-0.4, -0.2) is 38.2 Å². The number of sulfonamides is 1. The lowest BCUT2D eigenvalue weighted by molar-refractivity contribution is -0.159. The van der Waals surface area contributed by atoms with Crippen molar-refractivity contribution in [2.75, 3.05) is 6.61 Å². The lowest BCUT2D eigenvalue weighted by Crippen LogP contribution is -2.47. The van der Waals surface area contributed by atoms with Crippen LogP contribution in [0, 0.1) is 0 Å². The minimum Gasteiger partial charge on any atom is -0.459 e. The third kappa shape index (κ3) is 7.60. The fraction of sp³-hybridized carbons (Fsp3) is 0.667. The van der Waals surface area contributed by atoms with Crippen molar-refractivity contribution in [3.05, 3.63) is 15.9 Å². The number of hydrogen-bond acceptors (Lipinski definition) is 6. The van der Waals surface area contributed by atoms with Crippen LogP contribution < -0.4 is 4.72 Å². The van der Waals surface area contributed by atoms with Crippen LogP contribution in [0.25, 0.3) is 0 Å². The van der Waals surface area contributed by atoms with Gasteiger partial charge in [-0.25, -0.2) is 8.42 Å². The van der Waals surface area contributed by atoms with E-state index in [0.717, 1.165) is 11.3 Å². The Labute approximate surface area is 156 Å². The SMILES string of the molecule is CC(C)(C)OCC(NS(=O)(=O)c1ccc(Br)s1)C(=O)OC(C)(C)C. The van der Waals surface area contributed by atoms with Crippen molar-refractivity contribution in [3.8, 4) is 0 Å². The fourth-order valence-electron chi connectivity index (χ4n) is 1.54. The number of carbonyl (C=O) groups excluding carboxylic acids is 1. The van der Waals surface area contributed by atoms with Crippen LogP contribution in [0.15, 0.2) is 20.1 Å². The molecule has 1 unspecified atom stereocenters. The van der Waals surface area contributed by atoms with Gasteiger partial charge in [-0.05, 0) is 69.6 Å². The van der Waals surface area contributed by atoms with Gasteiger partial charge in [0, 0.05) is 0 Å². The number of carbonyl (C=O) groups is 1.